The molecule has 0 spiro atoms. The molecule has 1 aliphatic carbocycles. The van der Waals surface area contributed by atoms with Crippen molar-refractivity contribution in [1.82, 2.24) is 0 Å². The SMILES string of the molecule is C.NCC1OC(OC2C(N)CC(N)C(OC3OC(CO)C(O)C(N)C3O)C2O)C(N)CC1O. The van der Waals surface area contributed by atoms with Crippen molar-refractivity contribution in [2.75, 3.05) is 13.2 Å². The zero-order valence-corrected chi connectivity index (χ0v) is 17.7. The molecule has 0 aromatic carbocycles. The van der Waals surface area contributed by atoms with Gasteiger partial charge in [0.15, 0.2) is 12.6 Å². The average molecular weight is 484 g/mol. The van der Waals surface area contributed by atoms with Crippen LogP contribution >= 0.6 is 0 Å². The Morgan fingerprint density at radius 1 is 0.727 bits per heavy atom. The van der Waals surface area contributed by atoms with Crippen LogP contribution < -0.4 is 28.7 Å². The first-order chi connectivity index (χ1) is 15.1. The van der Waals surface area contributed by atoms with Crippen LogP contribution in [0, 0.1) is 0 Å². The molecule has 0 radical (unpaired) electrons. The van der Waals surface area contributed by atoms with Gasteiger partial charge in [0.25, 0.3) is 0 Å². The molecule has 3 aliphatic rings. The van der Waals surface area contributed by atoms with Gasteiger partial charge in [0.2, 0.25) is 0 Å². The molecule has 3 rings (SSSR count). The van der Waals surface area contributed by atoms with Crippen molar-refractivity contribution in [1.29, 1.82) is 0 Å². The van der Waals surface area contributed by atoms with Crippen molar-refractivity contribution >= 4 is 0 Å². The minimum Gasteiger partial charge on any atom is -0.394 e. The first-order valence-corrected chi connectivity index (χ1v) is 10.8. The largest absolute Gasteiger partial charge is 0.394 e. The summed E-state index contributed by atoms with van der Waals surface area (Å²) in [5.41, 5.74) is 29.8. The summed E-state index contributed by atoms with van der Waals surface area (Å²) in [6.45, 7) is -0.499. The summed E-state index contributed by atoms with van der Waals surface area (Å²) in [6, 6.07) is -3.27. The van der Waals surface area contributed by atoms with Gasteiger partial charge in [-0.25, -0.2) is 0 Å². The summed E-state index contributed by atoms with van der Waals surface area (Å²) in [6.07, 6.45) is -10.8. The molecule has 15 N–H and O–H groups in total. The van der Waals surface area contributed by atoms with Gasteiger partial charge in [-0.15, -0.1) is 0 Å². The highest BCUT2D eigenvalue weighted by molar-refractivity contribution is 5.01. The molecular formula is C19H41N5O9. The van der Waals surface area contributed by atoms with Gasteiger partial charge in [0.05, 0.1) is 30.9 Å². The normalized spacial score (nSPS) is 51.1. The second-order valence-corrected chi connectivity index (χ2v) is 8.78. The van der Waals surface area contributed by atoms with Crippen molar-refractivity contribution in [3.8, 4) is 0 Å². The Hall–Kier alpha value is -0.560. The minimum atomic E-state index is -1.44. The number of rotatable bonds is 6. The van der Waals surface area contributed by atoms with E-state index in [0.29, 0.717) is 0 Å². The van der Waals surface area contributed by atoms with Gasteiger partial charge in [-0.2, -0.15) is 0 Å². The molecule has 1 saturated carbocycles. The van der Waals surface area contributed by atoms with Crippen molar-refractivity contribution < 1.29 is 44.5 Å². The van der Waals surface area contributed by atoms with Crippen LogP contribution in [0.4, 0.5) is 0 Å². The molecule has 14 nitrogen and oxygen atoms in total. The predicted molar refractivity (Wildman–Crippen MR) is 115 cm³/mol. The van der Waals surface area contributed by atoms with Gasteiger partial charge < -0.3 is 73.1 Å². The number of ether oxygens (including phenoxy) is 4. The molecule has 33 heavy (non-hydrogen) atoms. The lowest BCUT2D eigenvalue weighted by Crippen LogP contribution is -2.68. The summed E-state index contributed by atoms with van der Waals surface area (Å²) < 4.78 is 22.7. The molecule has 14 atom stereocenters. The van der Waals surface area contributed by atoms with E-state index < -0.39 is 92.2 Å². The van der Waals surface area contributed by atoms with Crippen molar-refractivity contribution in [3.63, 3.8) is 0 Å². The van der Waals surface area contributed by atoms with Crippen LogP contribution in [-0.4, -0.2) is 124 Å². The Bertz CT molecular complexity index is 608. The van der Waals surface area contributed by atoms with Crippen LogP contribution in [0.25, 0.3) is 0 Å². The number of aliphatic hydroxyl groups excluding tert-OH is 5. The topological polar surface area (TPSA) is 268 Å². The molecule has 0 aromatic heterocycles. The molecule has 0 bridgehead atoms. The third kappa shape index (κ3) is 5.99. The maximum Gasteiger partial charge on any atom is 0.186 e. The van der Waals surface area contributed by atoms with E-state index in [0.717, 1.165) is 0 Å². The molecule has 196 valence electrons. The molecular weight excluding hydrogens is 442 g/mol. The molecule has 0 aromatic rings. The lowest BCUT2D eigenvalue weighted by atomic mass is 9.84. The summed E-state index contributed by atoms with van der Waals surface area (Å²) in [5.74, 6) is 0. The van der Waals surface area contributed by atoms with E-state index in [-0.39, 0.29) is 26.8 Å². The maximum absolute atomic E-state index is 11.0. The van der Waals surface area contributed by atoms with Gasteiger partial charge >= 0.3 is 0 Å². The molecule has 2 saturated heterocycles. The molecule has 3 fully saturated rings. The van der Waals surface area contributed by atoms with Crippen LogP contribution in [-0.2, 0) is 18.9 Å². The molecule has 2 aliphatic heterocycles. The Balaban J connectivity index is 0.00000385. The van der Waals surface area contributed by atoms with Crippen molar-refractivity contribution in [3.05, 3.63) is 0 Å². The Morgan fingerprint density at radius 2 is 1.27 bits per heavy atom. The standard InChI is InChI=1S/C18H37N5O9.CH4/c19-3-9-8(25)2-7(22)17(29-9)31-15-5(20)1-6(21)16(14(15)28)32-18-13(27)11(23)12(26)10(4-24)30-18;/h5-18,24-28H,1-4,19-23H2;1H4. The van der Waals surface area contributed by atoms with Crippen LogP contribution in [0.1, 0.15) is 20.3 Å². The van der Waals surface area contributed by atoms with E-state index in [2.05, 4.69) is 0 Å². The van der Waals surface area contributed by atoms with E-state index in [1.807, 2.05) is 0 Å². The van der Waals surface area contributed by atoms with E-state index >= 15 is 0 Å². The summed E-state index contributed by atoms with van der Waals surface area (Å²) >= 11 is 0. The summed E-state index contributed by atoms with van der Waals surface area (Å²) in [7, 11) is 0. The van der Waals surface area contributed by atoms with E-state index in [9.17, 15) is 25.5 Å². The van der Waals surface area contributed by atoms with Gasteiger partial charge in [0.1, 0.15) is 36.6 Å². The number of nitrogens with two attached hydrogens (primary N) is 5. The highest BCUT2D eigenvalue weighted by Gasteiger charge is 2.50. The number of hydrogen-bond donors (Lipinski definition) is 10. The predicted octanol–water partition coefficient (Wildman–Crippen LogP) is -5.66. The quantitative estimate of drug-likeness (QED) is 0.169. The molecule has 14 heteroatoms. The molecule has 2 heterocycles. The fraction of sp³-hybridized carbons (Fsp3) is 1.00. The van der Waals surface area contributed by atoms with Crippen LogP contribution in [0.5, 0.6) is 0 Å². The minimum absolute atomic E-state index is 0. The summed E-state index contributed by atoms with van der Waals surface area (Å²) in [5, 5.41) is 50.7. The lowest BCUT2D eigenvalue weighted by molar-refractivity contribution is -0.314. The monoisotopic (exact) mass is 483 g/mol. The fourth-order valence-corrected chi connectivity index (χ4v) is 4.43. The zero-order valence-electron chi connectivity index (χ0n) is 17.7. The van der Waals surface area contributed by atoms with Crippen LogP contribution in [0.2, 0.25) is 0 Å². The fourth-order valence-electron chi connectivity index (χ4n) is 4.43. The van der Waals surface area contributed by atoms with Crippen molar-refractivity contribution in [2.24, 2.45) is 28.7 Å². The second kappa shape index (κ2) is 11.9. The van der Waals surface area contributed by atoms with Crippen LogP contribution in [0.3, 0.4) is 0 Å². The van der Waals surface area contributed by atoms with Gasteiger partial charge in [0, 0.05) is 18.6 Å². The average Bonchev–Trinajstić information content (AvgIpc) is 2.75. The molecule has 0 amide bonds. The highest BCUT2D eigenvalue weighted by atomic mass is 16.7. The maximum atomic E-state index is 11.0. The third-order valence-corrected chi connectivity index (χ3v) is 6.41. The first kappa shape index (κ1) is 28.7. The van der Waals surface area contributed by atoms with Crippen molar-refractivity contribution in [2.45, 2.75) is 106 Å². The van der Waals surface area contributed by atoms with E-state index in [4.69, 9.17) is 47.6 Å². The number of hydrogen-bond acceptors (Lipinski definition) is 14. The smallest absolute Gasteiger partial charge is 0.186 e. The Kier molecular flexibility index (Phi) is 10.4. The van der Waals surface area contributed by atoms with Gasteiger partial charge in [-0.05, 0) is 12.8 Å². The third-order valence-electron chi connectivity index (χ3n) is 6.41. The van der Waals surface area contributed by atoms with Gasteiger partial charge in [-0.1, -0.05) is 7.43 Å². The highest BCUT2D eigenvalue weighted by Crippen LogP contribution is 2.30. The van der Waals surface area contributed by atoms with E-state index in [1.54, 1.807) is 0 Å². The zero-order chi connectivity index (χ0) is 23.7. The lowest BCUT2D eigenvalue weighted by Gasteiger charge is -2.47. The molecule has 14 unspecified atom stereocenters. The number of aliphatic hydroxyl groups is 5. The Morgan fingerprint density at radius 3 is 1.82 bits per heavy atom. The Labute approximate surface area is 192 Å². The summed E-state index contributed by atoms with van der Waals surface area (Å²) in [4.78, 5) is 0. The van der Waals surface area contributed by atoms with E-state index in [1.165, 1.54) is 0 Å². The first-order valence-electron chi connectivity index (χ1n) is 10.8. The van der Waals surface area contributed by atoms with Crippen LogP contribution in [0.15, 0.2) is 0 Å². The van der Waals surface area contributed by atoms with Gasteiger partial charge in [-0.3, -0.25) is 0 Å². The second-order valence-electron chi connectivity index (χ2n) is 8.78.